The Kier molecular flexibility index (Phi) is 5.09. The summed E-state index contributed by atoms with van der Waals surface area (Å²) < 4.78 is 0. The Hall–Kier alpha value is -1.89. The van der Waals surface area contributed by atoms with Crippen LogP contribution in [0.25, 0.3) is 0 Å². The second-order valence-corrected chi connectivity index (χ2v) is 7.25. The van der Waals surface area contributed by atoms with Crippen LogP contribution in [-0.2, 0) is 9.59 Å². The van der Waals surface area contributed by atoms with Crippen LogP contribution < -0.4 is 10.6 Å². The molecule has 2 rings (SSSR count). The minimum Gasteiger partial charge on any atom is -0.347 e. The molecule has 2 heterocycles. The minimum absolute atomic E-state index is 0.0938. The maximum absolute atomic E-state index is 12.5. The monoisotopic (exact) mass is 337 g/mol. The maximum Gasteiger partial charge on any atom is 0.325 e. The number of nitrogens with one attached hydrogen (secondary N) is 2. The summed E-state index contributed by atoms with van der Waals surface area (Å²) in [7, 11) is 0. The number of carbonyl (C=O) groups is 3. The summed E-state index contributed by atoms with van der Waals surface area (Å²) in [5.41, 5.74) is -0.970. The van der Waals surface area contributed by atoms with Gasteiger partial charge in [-0.15, -0.1) is 11.3 Å². The van der Waals surface area contributed by atoms with E-state index in [1.807, 2.05) is 17.5 Å². The molecule has 0 spiro atoms. The summed E-state index contributed by atoms with van der Waals surface area (Å²) in [6, 6.07) is 2.46. The van der Waals surface area contributed by atoms with E-state index >= 15 is 0 Å². The molecule has 1 aliphatic heterocycles. The summed E-state index contributed by atoms with van der Waals surface area (Å²) in [6.07, 6.45) is 1.73. The fourth-order valence-corrected chi connectivity index (χ4v) is 3.41. The molecule has 2 atom stereocenters. The quantitative estimate of drug-likeness (QED) is 0.783. The molecular formula is C16H23N3O3S. The highest BCUT2D eigenvalue weighted by atomic mass is 32.1. The third-order valence-electron chi connectivity index (χ3n) is 3.94. The number of amides is 4. The molecule has 0 radical (unpaired) electrons. The van der Waals surface area contributed by atoms with Gasteiger partial charge in [-0.1, -0.05) is 19.4 Å². The first-order valence-corrected chi connectivity index (χ1v) is 8.65. The predicted octanol–water partition coefficient (Wildman–Crippen LogP) is 2.42. The number of imide groups is 1. The average molecular weight is 337 g/mol. The molecule has 2 N–H and O–H groups in total. The lowest BCUT2D eigenvalue weighted by Crippen LogP contribution is -2.49. The number of carbonyl (C=O) groups excluding carboxylic acids is 3. The molecule has 0 aliphatic carbocycles. The SMILES string of the molecule is CCC[C@H](NC(=O)[C@@H](C)N1C(=O)NC(C)(C)C1=O)c1cccs1. The van der Waals surface area contributed by atoms with Crippen molar-refractivity contribution in [3.8, 4) is 0 Å². The van der Waals surface area contributed by atoms with Crippen molar-refractivity contribution in [1.82, 2.24) is 15.5 Å². The lowest BCUT2D eigenvalue weighted by molar-refractivity contribution is -0.137. The zero-order valence-corrected chi connectivity index (χ0v) is 14.7. The van der Waals surface area contributed by atoms with Crippen LogP contribution in [0.4, 0.5) is 4.79 Å². The van der Waals surface area contributed by atoms with Gasteiger partial charge in [0.15, 0.2) is 0 Å². The van der Waals surface area contributed by atoms with E-state index in [-0.39, 0.29) is 17.9 Å². The zero-order chi connectivity index (χ0) is 17.2. The van der Waals surface area contributed by atoms with Crippen molar-refractivity contribution in [2.75, 3.05) is 0 Å². The maximum atomic E-state index is 12.5. The molecule has 1 fully saturated rings. The summed E-state index contributed by atoms with van der Waals surface area (Å²) in [5, 5.41) is 7.52. The Labute approximate surface area is 140 Å². The molecular weight excluding hydrogens is 314 g/mol. The fraction of sp³-hybridized carbons (Fsp3) is 0.562. The van der Waals surface area contributed by atoms with Crippen LogP contribution in [0, 0.1) is 0 Å². The molecule has 1 saturated heterocycles. The van der Waals surface area contributed by atoms with Crippen LogP contribution in [0.5, 0.6) is 0 Å². The van der Waals surface area contributed by atoms with Gasteiger partial charge in [-0.25, -0.2) is 9.69 Å². The van der Waals surface area contributed by atoms with Gasteiger partial charge < -0.3 is 10.6 Å². The lowest BCUT2D eigenvalue weighted by Gasteiger charge is -2.25. The van der Waals surface area contributed by atoms with Crippen molar-refractivity contribution in [2.45, 2.75) is 58.2 Å². The van der Waals surface area contributed by atoms with Gasteiger partial charge in [-0.3, -0.25) is 9.59 Å². The molecule has 7 heteroatoms. The Morgan fingerprint density at radius 1 is 1.43 bits per heavy atom. The smallest absolute Gasteiger partial charge is 0.325 e. The molecule has 1 aromatic rings. The Balaban J connectivity index is 2.10. The van der Waals surface area contributed by atoms with E-state index in [0.717, 1.165) is 22.6 Å². The zero-order valence-electron chi connectivity index (χ0n) is 13.9. The Morgan fingerprint density at radius 3 is 2.61 bits per heavy atom. The Morgan fingerprint density at radius 2 is 2.13 bits per heavy atom. The van der Waals surface area contributed by atoms with E-state index in [0.29, 0.717) is 0 Å². The average Bonchev–Trinajstić information content (AvgIpc) is 3.05. The van der Waals surface area contributed by atoms with Crippen molar-refractivity contribution >= 4 is 29.2 Å². The van der Waals surface area contributed by atoms with Gasteiger partial charge in [-0.2, -0.15) is 0 Å². The molecule has 0 saturated carbocycles. The number of thiophene rings is 1. The summed E-state index contributed by atoms with van der Waals surface area (Å²) in [6.45, 7) is 6.88. The van der Waals surface area contributed by atoms with Crippen LogP contribution in [0.15, 0.2) is 17.5 Å². The standard InChI is InChI=1S/C16H23N3O3S/c1-5-7-11(12-8-6-9-23-12)17-13(20)10(2)19-14(21)16(3,4)18-15(19)22/h6,8-11H,5,7H2,1-4H3,(H,17,20)(H,18,22)/t10-,11+/m1/s1. The van der Waals surface area contributed by atoms with E-state index in [1.54, 1.807) is 32.1 Å². The van der Waals surface area contributed by atoms with E-state index in [9.17, 15) is 14.4 Å². The molecule has 0 bridgehead atoms. The van der Waals surface area contributed by atoms with Gasteiger partial charge in [-0.05, 0) is 38.6 Å². The van der Waals surface area contributed by atoms with E-state index in [4.69, 9.17) is 0 Å². The van der Waals surface area contributed by atoms with Crippen LogP contribution in [0.2, 0.25) is 0 Å². The molecule has 4 amide bonds. The van der Waals surface area contributed by atoms with E-state index < -0.39 is 17.6 Å². The van der Waals surface area contributed by atoms with Crippen LogP contribution in [-0.4, -0.2) is 34.3 Å². The van der Waals surface area contributed by atoms with E-state index in [1.165, 1.54) is 0 Å². The van der Waals surface area contributed by atoms with Gasteiger partial charge in [0.1, 0.15) is 11.6 Å². The van der Waals surface area contributed by atoms with E-state index in [2.05, 4.69) is 17.6 Å². The highest BCUT2D eigenvalue weighted by Gasteiger charge is 2.47. The second kappa shape index (κ2) is 6.70. The topological polar surface area (TPSA) is 78.5 Å². The summed E-state index contributed by atoms with van der Waals surface area (Å²) in [5.74, 6) is -0.702. The first kappa shape index (κ1) is 17.5. The molecule has 0 unspecified atom stereocenters. The first-order valence-electron chi connectivity index (χ1n) is 7.77. The fourth-order valence-electron chi connectivity index (χ4n) is 2.60. The molecule has 1 aliphatic rings. The number of rotatable bonds is 6. The number of urea groups is 1. The third kappa shape index (κ3) is 3.55. The lowest BCUT2D eigenvalue weighted by atomic mass is 10.1. The molecule has 1 aromatic heterocycles. The highest BCUT2D eigenvalue weighted by Crippen LogP contribution is 2.24. The van der Waals surface area contributed by atoms with Crippen LogP contribution in [0.3, 0.4) is 0 Å². The number of hydrogen-bond donors (Lipinski definition) is 2. The normalized spacial score (nSPS) is 19.4. The molecule has 0 aromatic carbocycles. The molecule has 6 nitrogen and oxygen atoms in total. The molecule has 23 heavy (non-hydrogen) atoms. The summed E-state index contributed by atoms with van der Waals surface area (Å²) >= 11 is 1.58. The predicted molar refractivity (Wildman–Crippen MR) is 89.0 cm³/mol. The van der Waals surface area contributed by atoms with Crippen molar-refractivity contribution in [1.29, 1.82) is 0 Å². The number of nitrogens with zero attached hydrogens (tertiary/aromatic N) is 1. The van der Waals surface area contributed by atoms with Gasteiger partial charge in [0.05, 0.1) is 6.04 Å². The van der Waals surface area contributed by atoms with Crippen molar-refractivity contribution in [2.24, 2.45) is 0 Å². The van der Waals surface area contributed by atoms with Gasteiger partial charge in [0, 0.05) is 4.88 Å². The highest BCUT2D eigenvalue weighted by molar-refractivity contribution is 7.10. The second-order valence-electron chi connectivity index (χ2n) is 6.27. The van der Waals surface area contributed by atoms with Crippen molar-refractivity contribution in [3.05, 3.63) is 22.4 Å². The Bertz CT molecular complexity index is 598. The summed E-state index contributed by atoms with van der Waals surface area (Å²) in [4.78, 5) is 38.9. The van der Waals surface area contributed by atoms with Crippen molar-refractivity contribution in [3.63, 3.8) is 0 Å². The first-order chi connectivity index (χ1) is 10.8. The van der Waals surface area contributed by atoms with Gasteiger partial charge >= 0.3 is 6.03 Å². The third-order valence-corrected chi connectivity index (χ3v) is 4.92. The minimum atomic E-state index is -0.970. The largest absolute Gasteiger partial charge is 0.347 e. The van der Waals surface area contributed by atoms with Gasteiger partial charge in [0.25, 0.3) is 5.91 Å². The van der Waals surface area contributed by atoms with Crippen molar-refractivity contribution < 1.29 is 14.4 Å². The van der Waals surface area contributed by atoms with Crippen LogP contribution in [0.1, 0.15) is 51.5 Å². The number of hydrogen-bond acceptors (Lipinski definition) is 4. The molecule has 126 valence electrons. The van der Waals surface area contributed by atoms with Gasteiger partial charge in [0.2, 0.25) is 5.91 Å². The van der Waals surface area contributed by atoms with Crippen LogP contribution >= 0.6 is 11.3 Å².